The number of carbonyl (C=O) groups is 1. The summed E-state index contributed by atoms with van der Waals surface area (Å²) >= 11 is 0. The molecule has 0 bridgehead atoms. The van der Waals surface area contributed by atoms with Gasteiger partial charge in [0.2, 0.25) is 15.9 Å². The van der Waals surface area contributed by atoms with Crippen molar-refractivity contribution in [3.05, 3.63) is 29.8 Å². The number of piperidine rings is 1. The van der Waals surface area contributed by atoms with Gasteiger partial charge >= 0.3 is 6.18 Å². The first kappa shape index (κ1) is 18.2. The molecule has 3 rings (SSSR count). The van der Waals surface area contributed by atoms with Crippen molar-refractivity contribution in [2.45, 2.75) is 30.3 Å². The third kappa shape index (κ3) is 3.15. The molecule has 5 nitrogen and oxygen atoms in total. The molecule has 0 radical (unpaired) electrons. The molecular formula is C16H19F3N2O3S. The van der Waals surface area contributed by atoms with Crippen LogP contribution in [0.15, 0.2) is 29.2 Å². The lowest BCUT2D eigenvalue weighted by molar-refractivity contribution is -0.138. The molecule has 9 heteroatoms. The highest BCUT2D eigenvalue weighted by atomic mass is 32.2. The van der Waals surface area contributed by atoms with Crippen LogP contribution >= 0.6 is 0 Å². The number of alkyl halides is 3. The first-order chi connectivity index (χ1) is 11.6. The summed E-state index contributed by atoms with van der Waals surface area (Å²) in [5, 5.41) is 0. The number of carbonyl (C=O) groups excluding carboxylic acids is 1. The van der Waals surface area contributed by atoms with Crippen LogP contribution in [-0.2, 0) is 21.0 Å². The van der Waals surface area contributed by atoms with E-state index in [4.69, 9.17) is 0 Å². The van der Waals surface area contributed by atoms with Crippen LogP contribution < -0.4 is 0 Å². The standard InChI is InChI=1S/C16H19F3N2O3S/c1-20-10-8-15(14(20)22)7-2-9-21(11-15)25(23,24)13-5-3-12(4-6-13)16(17,18)19/h3-6H,2,7-11H2,1H3. The lowest BCUT2D eigenvalue weighted by Gasteiger charge is -2.38. The normalized spacial score (nSPS) is 25.8. The molecule has 138 valence electrons. The molecule has 1 atom stereocenters. The van der Waals surface area contributed by atoms with E-state index >= 15 is 0 Å². The third-order valence-corrected chi connectivity index (χ3v) is 6.95. The molecule has 1 unspecified atom stereocenters. The molecule has 2 aliphatic rings. The van der Waals surface area contributed by atoms with Crippen LogP contribution in [0.25, 0.3) is 0 Å². The average Bonchev–Trinajstić information content (AvgIpc) is 2.83. The van der Waals surface area contributed by atoms with E-state index in [-0.39, 0.29) is 23.9 Å². The Bertz CT molecular complexity index is 773. The summed E-state index contributed by atoms with van der Waals surface area (Å²) in [6, 6.07) is 3.48. The van der Waals surface area contributed by atoms with Gasteiger partial charge in [-0.05, 0) is 43.5 Å². The largest absolute Gasteiger partial charge is 0.416 e. The fourth-order valence-electron chi connectivity index (χ4n) is 3.63. The fourth-order valence-corrected chi connectivity index (χ4v) is 5.20. The second-order valence-corrected chi connectivity index (χ2v) is 8.66. The van der Waals surface area contributed by atoms with E-state index in [1.54, 1.807) is 11.9 Å². The van der Waals surface area contributed by atoms with E-state index in [2.05, 4.69) is 0 Å². The molecule has 1 amide bonds. The number of benzene rings is 1. The number of nitrogens with zero attached hydrogens (tertiary/aromatic N) is 2. The number of hydrogen-bond acceptors (Lipinski definition) is 3. The van der Waals surface area contributed by atoms with Crippen molar-refractivity contribution in [1.82, 2.24) is 9.21 Å². The number of rotatable bonds is 2. The van der Waals surface area contributed by atoms with Crippen molar-refractivity contribution < 1.29 is 26.4 Å². The smallest absolute Gasteiger partial charge is 0.345 e. The van der Waals surface area contributed by atoms with Crippen molar-refractivity contribution in [3.8, 4) is 0 Å². The van der Waals surface area contributed by atoms with Crippen LogP contribution in [0, 0.1) is 5.41 Å². The number of likely N-dealkylation sites (tertiary alicyclic amines) is 1. The summed E-state index contributed by atoms with van der Waals surface area (Å²) < 4.78 is 64.8. The quantitative estimate of drug-likeness (QED) is 0.796. The van der Waals surface area contributed by atoms with Crippen LogP contribution in [0.1, 0.15) is 24.8 Å². The Morgan fingerprint density at radius 3 is 2.24 bits per heavy atom. The van der Waals surface area contributed by atoms with Crippen LogP contribution in [0.5, 0.6) is 0 Å². The summed E-state index contributed by atoms with van der Waals surface area (Å²) in [7, 11) is -2.24. The minimum atomic E-state index is -4.52. The maximum Gasteiger partial charge on any atom is 0.416 e. The SMILES string of the molecule is CN1CCC2(CCCN(S(=O)(=O)c3ccc(C(F)(F)F)cc3)C2)C1=O. The topological polar surface area (TPSA) is 57.7 Å². The van der Waals surface area contributed by atoms with Crippen LogP contribution in [0.4, 0.5) is 13.2 Å². The number of halogens is 3. The van der Waals surface area contributed by atoms with E-state index in [9.17, 15) is 26.4 Å². The van der Waals surface area contributed by atoms with Crippen molar-refractivity contribution in [1.29, 1.82) is 0 Å². The molecule has 1 spiro atoms. The Kier molecular flexibility index (Phi) is 4.35. The Morgan fingerprint density at radius 2 is 1.72 bits per heavy atom. The van der Waals surface area contributed by atoms with Gasteiger partial charge in [0.15, 0.2) is 0 Å². The third-order valence-electron chi connectivity index (χ3n) is 5.09. The Morgan fingerprint density at radius 1 is 1.08 bits per heavy atom. The lowest BCUT2D eigenvalue weighted by Crippen LogP contribution is -2.49. The monoisotopic (exact) mass is 376 g/mol. The molecule has 0 aromatic heterocycles. The minimum absolute atomic E-state index is 0.0557. The molecule has 1 aromatic carbocycles. The molecule has 2 aliphatic heterocycles. The number of hydrogen-bond donors (Lipinski definition) is 0. The number of sulfonamides is 1. The van der Waals surface area contributed by atoms with Gasteiger partial charge in [0, 0.05) is 26.7 Å². The summed E-state index contributed by atoms with van der Waals surface area (Å²) in [6.45, 7) is 0.939. The zero-order chi connectivity index (χ0) is 18.5. The van der Waals surface area contributed by atoms with Crippen LogP contribution in [0.3, 0.4) is 0 Å². The van der Waals surface area contributed by atoms with E-state index < -0.39 is 27.2 Å². The van der Waals surface area contributed by atoms with Crippen molar-refractivity contribution in [2.24, 2.45) is 5.41 Å². The highest BCUT2D eigenvalue weighted by Crippen LogP contribution is 2.41. The Balaban J connectivity index is 1.86. The minimum Gasteiger partial charge on any atom is -0.345 e. The van der Waals surface area contributed by atoms with Crippen molar-refractivity contribution >= 4 is 15.9 Å². The molecule has 1 aromatic rings. The predicted molar refractivity (Wildman–Crippen MR) is 84.1 cm³/mol. The summed E-state index contributed by atoms with van der Waals surface area (Å²) in [5.41, 5.74) is -1.60. The second kappa shape index (κ2) is 5.98. The predicted octanol–water partition coefficient (Wildman–Crippen LogP) is 2.34. The zero-order valence-electron chi connectivity index (χ0n) is 13.7. The van der Waals surface area contributed by atoms with Gasteiger partial charge in [-0.2, -0.15) is 17.5 Å². The molecule has 0 N–H and O–H groups in total. The van der Waals surface area contributed by atoms with Crippen LogP contribution in [-0.4, -0.2) is 50.2 Å². The summed E-state index contributed by atoms with van der Waals surface area (Å²) in [5.74, 6) is -0.0557. The first-order valence-corrected chi connectivity index (χ1v) is 9.43. The lowest BCUT2D eigenvalue weighted by atomic mass is 9.79. The Hall–Kier alpha value is -1.61. The molecule has 0 aliphatic carbocycles. The fraction of sp³-hybridized carbons (Fsp3) is 0.562. The molecule has 2 fully saturated rings. The van der Waals surface area contributed by atoms with E-state index in [1.165, 1.54) is 4.31 Å². The van der Waals surface area contributed by atoms with Gasteiger partial charge in [-0.3, -0.25) is 4.79 Å². The highest BCUT2D eigenvalue weighted by molar-refractivity contribution is 7.89. The van der Waals surface area contributed by atoms with Gasteiger partial charge < -0.3 is 4.90 Å². The summed E-state index contributed by atoms with van der Waals surface area (Å²) in [6.07, 6.45) is -2.73. The maximum atomic E-state index is 12.8. The zero-order valence-corrected chi connectivity index (χ0v) is 14.5. The summed E-state index contributed by atoms with van der Waals surface area (Å²) in [4.78, 5) is 13.8. The maximum absolute atomic E-state index is 12.8. The number of amides is 1. The molecule has 25 heavy (non-hydrogen) atoms. The van der Waals surface area contributed by atoms with E-state index in [1.807, 2.05) is 0 Å². The molecular weight excluding hydrogens is 357 g/mol. The van der Waals surface area contributed by atoms with Gasteiger partial charge in [-0.1, -0.05) is 0 Å². The first-order valence-electron chi connectivity index (χ1n) is 7.99. The second-order valence-electron chi connectivity index (χ2n) is 6.72. The van der Waals surface area contributed by atoms with E-state index in [0.717, 1.165) is 24.3 Å². The van der Waals surface area contributed by atoms with Gasteiger partial charge in [-0.25, -0.2) is 8.42 Å². The average molecular weight is 376 g/mol. The highest BCUT2D eigenvalue weighted by Gasteiger charge is 2.49. The Labute approximate surface area is 144 Å². The van der Waals surface area contributed by atoms with Gasteiger partial charge in [0.05, 0.1) is 15.9 Å². The van der Waals surface area contributed by atoms with Gasteiger partial charge in [0.1, 0.15) is 0 Å². The van der Waals surface area contributed by atoms with Crippen molar-refractivity contribution in [2.75, 3.05) is 26.7 Å². The molecule has 2 saturated heterocycles. The molecule has 0 saturated carbocycles. The van der Waals surface area contributed by atoms with Crippen LogP contribution in [0.2, 0.25) is 0 Å². The van der Waals surface area contributed by atoms with E-state index in [0.29, 0.717) is 25.8 Å². The molecule has 2 heterocycles. The van der Waals surface area contributed by atoms with Gasteiger partial charge in [-0.15, -0.1) is 0 Å². The van der Waals surface area contributed by atoms with Gasteiger partial charge in [0.25, 0.3) is 0 Å². The van der Waals surface area contributed by atoms with Crippen molar-refractivity contribution in [3.63, 3.8) is 0 Å².